The van der Waals surface area contributed by atoms with Crippen LogP contribution in [-0.2, 0) is 14.6 Å². The number of sulfone groups is 1. The number of carbonyl (C=O) groups excluding carboxylic acids is 1. The summed E-state index contributed by atoms with van der Waals surface area (Å²) in [7, 11) is -2.98. The fourth-order valence-corrected chi connectivity index (χ4v) is 5.24. The molecule has 0 bridgehead atoms. The second-order valence-corrected chi connectivity index (χ2v) is 9.30. The molecule has 0 unspecified atom stereocenters. The summed E-state index contributed by atoms with van der Waals surface area (Å²) in [6, 6.07) is 7.44. The van der Waals surface area contributed by atoms with Crippen LogP contribution < -0.4 is 5.32 Å². The summed E-state index contributed by atoms with van der Waals surface area (Å²) in [5.41, 5.74) is 1.99. The number of rotatable bonds is 4. The van der Waals surface area contributed by atoms with Crippen LogP contribution in [-0.4, -0.2) is 65.9 Å². The molecule has 2 saturated heterocycles. The molecule has 8 heteroatoms. The van der Waals surface area contributed by atoms with E-state index in [1.165, 1.54) is 0 Å². The number of fused-ring (bicyclic) bond motifs is 1. The molecule has 2 aliphatic rings. The van der Waals surface area contributed by atoms with Crippen molar-refractivity contribution in [2.24, 2.45) is 0 Å². The number of benzene rings is 1. The Bertz CT molecular complexity index is 869. The number of carbonyl (C=O) groups is 1. The molecule has 3 heterocycles. The number of amides is 1. The predicted octanol–water partition coefficient (Wildman–Crippen LogP) is 0.654. The van der Waals surface area contributed by atoms with Gasteiger partial charge >= 0.3 is 0 Å². The first-order valence-electron chi connectivity index (χ1n) is 8.61. The molecular formula is C17H22N4O3S. The molecule has 2 aliphatic heterocycles. The maximum absolute atomic E-state index is 12.4. The number of hydrogen-bond acceptors (Lipinski definition) is 5. The molecule has 1 aromatic carbocycles. The summed E-state index contributed by atoms with van der Waals surface area (Å²) in [4.78, 5) is 22.4. The van der Waals surface area contributed by atoms with E-state index in [9.17, 15) is 13.2 Å². The first-order valence-corrected chi connectivity index (χ1v) is 10.4. The van der Waals surface area contributed by atoms with Crippen LogP contribution in [0.15, 0.2) is 24.3 Å². The maximum atomic E-state index is 12.4. The van der Waals surface area contributed by atoms with Gasteiger partial charge in [-0.3, -0.25) is 9.69 Å². The lowest BCUT2D eigenvalue weighted by atomic mass is 9.97. The van der Waals surface area contributed by atoms with E-state index in [2.05, 4.69) is 20.2 Å². The monoisotopic (exact) mass is 362 g/mol. The van der Waals surface area contributed by atoms with Crippen molar-refractivity contribution in [1.29, 1.82) is 0 Å². The Balaban J connectivity index is 1.32. The average Bonchev–Trinajstić information content (AvgIpc) is 3.08. The molecule has 2 aromatic rings. The number of nitrogens with zero attached hydrogens (tertiary/aromatic N) is 2. The number of aromatic nitrogens is 2. The van der Waals surface area contributed by atoms with E-state index in [4.69, 9.17) is 0 Å². The highest BCUT2D eigenvalue weighted by atomic mass is 32.2. The summed E-state index contributed by atoms with van der Waals surface area (Å²) < 4.78 is 23.0. The van der Waals surface area contributed by atoms with Crippen molar-refractivity contribution in [3.05, 3.63) is 30.1 Å². The van der Waals surface area contributed by atoms with Crippen LogP contribution in [0.25, 0.3) is 11.0 Å². The van der Waals surface area contributed by atoms with Gasteiger partial charge in [0, 0.05) is 25.0 Å². The van der Waals surface area contributed by atoms with Crippen LogP contribution in [0, 0.1) is 0 Å². The lowest BCUT2D eigenvalue weighted by Gasteiger charge is -2.41. The fraction of sp³-hybridized carbons (Fsp3) is 0.529. The fourth-order valence-electron chi connectivity index (χ4n) is 3.56. The number of imidazole rings is 1. The first kappa shape index (κ1) is 16.5. The van der Waals surface area contributed by atoms with E-state index >= 15 is 0 Å². The smallest absolute Gasteiger partial charge is 0.237 e. The zero-order valence-electron chi connectivity index (χ0n) is 14.1. The lowest BCUT2D eigenvalue weighted by Crippen LogP contribution is -2.56. The summed E-state index contributed by atoms with van der Waals surface area (Å²) in [6.07, 6.45) is 0.516. The van der Waals surface area contributed by atoms with E-state index < -0.39 is 9.84 Å². The van der Waals surface area contributed by atoms with E-state index in [0.717, 1.165) is 29.9 Å². The van der Waals surface area contributed by atoms with Crippen LogP contribution in [0.1, 0.15) is 25.1 Å². The highest BCUT2D eigenvalue weighted by Gasteiger charge is 2.37. The minimum Gasteiger partial charge on any atom is -0.351 e. The van der Waals surface area contributed by atoms with E-state index in [1.54, 1.807) is 0 Å². The third-order valence-corrected chi connectivity index (χ3v) is 6.98. The van der Waals surface area contributed by atoms with E-state index in [1.807, 2.05) is 31.2 Å². The zero-order chi connectivity index (χ0) is 17.6. The van der Waals surface area contributed by atoms with Crippen LogP contribution in [0.5, 0.6) is 0 Å². The van der Waals surface area contributed by atoms with Gasteiger partial charge in [-0.05, 0) is 25.5 Å². The zero-order valence-corrected chi connectivity index (χ0v) is 14.9. The SMILES string of the molecule is C[C@@H](C(=O)N[C@H]1CCS(=O)(=O)C1)N1CC(c2nc3ccccc3[nH]2)C1. The van der Waals surface area contributed by atoms with Crippen LogP contribution in [0.3, 0.4) is 0 Å². The Morgan fingerprint density at radius 1 is 1.36 bits per heavy atom. The Morgan fingerprint density at radius 3 is 2.80 bits per heavy atom. The molecule has 2 fully saturated rings. The molecule has 4 rings (SSSR count). The molecule has 1 aromatic heterocycles. The lowest BCUT2D eigenvalue weighted by molar-refractivity contribution is -0.128. The summed E-state index contributed by atoms with van der Waals surface area (Å²) in [5.74, 6) is 1.41. The molecule has 2 atom stereocenters. The number of para-hydroxylation sites is 2. The number of aromatic amines is 1. The van der Waals surface area contributed by atoms with Gasteiger partial charge in [-0.25, -0.2) is 13.4 Å². The minimum atomic E-state index is -2.98. The molecule has 0 aliphatic carbocycles. The quantitative estimate of drug-likeness (QED) is 0.833. The predicted molar refractivity (Wildman–Crippen MR) is 95.1 cm³/mol. The van der Waals surface area contributed by atoms with Crippen LogP contribution in [0.2, 0.25) is 0 Å². The highest BCUT2D eigenvalue weighted by molar-refractivity contribution is 7.91. The molecule has 2 N–H and O–H groups in total. The Morgan fingerprint density at radius 2 is 2.12 bits per heavy atom. The van der Waals surface area contributed by atoms with Gasteiger partial charge in [0.15, 0.2) is 9.84 Å². The molecule has 0 saturated carbocycles. The molecular weight excluding hydrogens is 340 g/mol. The van der Waals surface area contributed by atoms with Gasteiger partial charge in [0.2, 0.25) is 5.91 Å². The maximum Gasteiger partial charge on any atom is 0.237 e. The third kappa shape index (κ3) is 3.28. The normalized spacial score (nSPS) is 24.9. The van der Waals surface area contributed by atoms with Gasteiger partial charge in [-0.1, -0.05) is 12.1 Å². The van der Waals surface area contributed by atoms with Crippen LogP contribution in [0.4, 0.5) is 0 Å². The average molecular weight is 362 g/mol. The number of nitrogens with one attached hydrogen (secondary N) is 2. The van der Waals surface area contributed by atoms with Crippen molar-refractivity contribution in [3.8, 4) is 0 Å². The Hall–Kier alpha value is -1.93. The summed E-state index contributed by atoms with van der Waals surface area (Å²) in [5, 5.41) is 2.88. The number of hydrogen-bond donors (Lipinski definition) is 2. The second kappa shape index (κ2) is 6.10. The minimum absolute atomic E-state index is 0.0626. The number of H-pyrrole nitrogens is 1. The molecule has 0 radical (unpaired) electrons. The Kier molecular flexibility index (Phi) is 4.04. The van der Waals surface area contributed by atoms with Crippen molar-refractivity contribution in [2.45, 2.75) is 31.3 Å². The first-order chi connectivity index (χ1) is 11.9. The molecule has 0 spiro atoms. The highest BCUT2D eigenvalue weighted by Crippen LogP contribution is 2.28. The van der Waals surface area contributed by atoms with Crippen LogP contribution >= 0.6 is 0 Å². The molecule has 1 amide bonds. The number of likely N-dealkylation sites (tertiary alicyclic amines) is 1. The molecule has 25 heavy (non-hydrogen) atoms. The second-order valence-electron chi connectivity index (χ2n) is 7.07. The van der Waals surface area contributed by atoms with Crippen molar-refractivity contribution in [1.82, 2.24) is 20.2 Å². The topological polar surface area (TPSA) is 95.2 Å². The van der Waals surface area contributed by atoms with E-state index in [0.29, 0.717) is 12.3 Å². The van der Waals surface area contributed by atoms with Gasteiger partial charge in [-0.2, -0.15) is 0 Å². The van der Waals surface area contributed by atoms with Gasteiger partial charge in [0.25, 0.3) is 0 Å². The van der Waals surface area contributed by atoms with Crippen molar-refractivity contribution < 1.29 is 13.2 Å². The van der Waals surface area contributed by atoms with Crippen molar-refractivity contribution in [3.63, 3.8) is 0 Å². The van der Waals surface area contributed by atoms with Gasteiger partial charge in [-0.15, -0.1) is 0 Å². The Labute approximate surface area is 146 Å². The van der Waals surface area contributed by atoms with Gasteiger partial charge < -0.3 is 10.3 Å². The van der Waals surface area contributed by atoms with Crippen molar-refractivity contribution in [2.75, 3.05) is 24.6 Å². The largest absolute Gasteiger partial charge is 0.351 e. The summed E-state index contributed by atoms with van der Waals surface area (Å²) in [6.45, 7) is 3.42. The molecule has 134 valence electrons. The van der Waals surface area contributed by atoms with Gasteiger partial charge in [0.1, 0.15) is 5.82 Å². The van der Waals surface area contributed by atoms with Crippen molar-refractivity contribution >= 4 is 26.8 Å². The standard InChI is InChI=1S/C17H22N4O3S/c1-11(17(22)18-13-6-7-25(23,24)10-13)21-8-12(9-21)16-19-14-4-2-3-5-15(14)20-16/h2-5,11-13H,6-10H2,1H3,(H,18,22)(H,19,20)/t11-,13-/m0/s1. The van der Waals surface area contributed by atoms with E-state index in [-0.39, 0.29) is 29.5 Å². The summed E-state index contributed by atoms with van der Waals surface area (Å²) >= 11 is 0. The molecule has 7 nitrogen and oxygen atoms in total. The third-order valence-electron chi connectivity index (χ3n) is 5.21. The van der Waals surface area contributed by atoms with Gasteiger partial charge in [0.05, 0.1) is 28.6 Å².